The molecule has 1 saturated heterocycles. The number of benzene rings is 1. The number of imidazole rings is 1. The van der Waals surface area contributed by atoms with Gasteiger partial charge in [0.1, 0.15) is 11.6 Å². The van der Waals surface area contributed by atoms with E-state index in [2.05, 4.69) is 24.9 Å². The predicted octanol–water partition coefficient (Wildman–Crippen LogP) is 1.89. The predicted molar refractivity (Wildman–Crippen MR) is 92.8 cm³/mol. The van der Waals surface area contributed by atoms with E-state index in [0.717, 1.165) is 43.4 Å². The van der Waals surface area contributed by atoms with Gasteiger partial charge in [0.2, 0.25) is 0 Å². The third-order valence-electron chi connectivity index (χ3n) is 4.61. The number of aromatic nitrogens is 4. The standard InChI is InChI=1S/C18H21FN6/c1-23-10-8-21-18(23)17-12-20-7-11-24(17)13-15-6-9-25(22-15)16-4-2-14(19)3-5-16/h2-6,8-10,17,20H,7,11-13H2,1H3. The fraction of sp³-hybridized carbons (Fsp3) is 0.333. The first-order valence-corrected chi connectivity index (χ1v) is 8.43. The van der Waals surface area contributed by atoms with E-state index < -0.39 is 0 Å². The summed E-state index contributed by atoms with van der Waals surface area (Å²) < 4.78 is 16.9. The van der Waals surface area contributed by atoms with Gasteiger partial charge in [0, 0.05) is 51.8 Å². The maximum absolute atomic E-state index is 13.1. The largest absolute Gasteiger partial charge is 0.337 e. The summed E-state index contributed by atoms with van der Waals surface area (Å²) in [7, 11) is 2.03. The van der Waals surface area contributed by atoms with Crippen LogP contribution in [0.5, 0.6) is 0 Å². The molecule has 0 amide bonds. The van der Waals surface area contributed by atoms with Crippen molar-refractivity contribution in [3.8, 4) is 5.69 Å². The summed E-state index contributed by atoms with van der Waals surface area (Å²) >= 11 is 0. The van der Waals surface area contributed by atoms with Gasteiger partial charge in [-0.2, -0.15) is 5.10 Å². The molecule has 0 spiro atoms. The molecular formula is C18H21FN6. The third-order valence-corrected chi connectivity index (χ3v) is 4.61. The lowest BCUT2D eigenvalue weighted by molar-refractivity contribution is 0.143. The SMILES string of the molecule is Cn1ccnc1C1CNCCN1Cc1ccn(-c2ccc(F)cc2)n1. The number of hydrogen-bond acceptors (Lipinski definition) is 4. The van der Waals surface area contributed by atoms with E-state index in [1.165, 1.54) is 12.1 Å². The van der Waals surface area contributed by atoms with Crippen LogP contribution < -0.4 is 5.32 Å². The van der Waals surface area contributed by atoms with Crippen LogP contribution in [0.3, 0.4) is 0 Å². The van der Waals surface area contributed by atoms with Crippen molar-refractivity contribution in [2.75, 3.05) is 19.6 Å². The molecule has 0 bridgehead atoms. The smallest absolute Gasteiger partial charge is 0.127 e. The fourth-order valence-corrected chi connectivity index (χ4v) is 3.28. The summed E-state index contributed by atoms with van der Waals surface area (Å²) in [5.74, 6) is 0.819. The number of aryl methyl sites for hydroxylation is 1. The van der Waals surface area contributed by atoms with Crippen LogP contribution in [0.1, 0.15) is 17.6 Å². The van der Waals surface area contributed by atoms with Gasteiger partial charge in [-0.05, 0) is 30.3 Å². The monoisotopic (exact) mass is 340 g/mol. The first-order valence-electron chi connectivity index (χ1n) is 8.43. The van der Waals surface area contributed by atoms with Crippen LogP contribution >= 0.6 is 0 Å². The van der Waals surface area contributed by atoms with Gasteiger partial charge in [-0.15, -0.1) is 0 Å². The molecule has 1 aromatic carbocycles. The Balaban J connectivity index is 1.52. The van der Waals surface area contributed by atoms with E-state index in [-0.39, 0.29) is 11.9 Å². The van der Waals surface area contributed by atoms with E-state index in [0.29, 0.717) is 0 Å². The maximum atomic E-state index is 13.1. The molecule has 0 radical (unpaired) electrons. The summed E-state index contributed by atoms with van der Waals surface area (Å²) in [6.45, 7) is 3.54. The number of nitrogens with one attached hydrogen (secondary N) is 1. The van der Waals surface area contributed by atoms with Crippen LogP contribution in [0.2, 0.25) is 0 Å². The Labute approximate surface area is 145 Å². The maximum Gasteiger partial charge on any atom is 0.127 e. The van der Waals surface area contributed by atoms with E-state index >= 15 is 0 Å². The van der Waals surface area contributed by atoms with Crippen LogP contribution in [0, 0.1) is 5.82 Å². The number of nitrogens with zero attached hydrogens (tertiary/aromatic N) is 5. The molecular weight excluding hydrogens is 319 g/mol. The Morgan fingerprint density at radius 1 is 1.20 bits per heavy atom. The molecule has 1 N–H and O–H groups in total. The van der Waals surface area contributed by atoms with Crippen molar-refractivity contribution in [2.45, 2.75) is 12.6 Å². The number of halogens is 1. The van der Waals surface area contributed by atoms with Gasteiger partial charge < -0.3 is 9.88 Å². The molecule has 4 rings (SSSR count). The minimum absolute atomic E-state index is 0.227. The highest BCUT2D eigenvalue weighted by Gasteiger charge is 2.27. The molecule has 1 atom stereocenters. The highest BCUT2D eigenvalue weighted by Crippen LogP contribution is 2.22. The third kappa shape index (κ3) is 3.33. The van der Waals surface area contributed by atoms with Crippen molar-refractivity contribution in [1.29, 1.82) is 0 Å². The highest BCUT2D eigenvalue weighted by atomic mass is 19.1. The van der Waals surface area contributed by atoms with E-state index in [9.17, 15) is 4.39 Å². The van der Waals surface area contributed by atoms with E-state index in [1.807, 2.05) is 31.7 Å². The summed E-state index contributed by atoms with van der Waals surface area (Å²) in [5, 5.41) is 8.09. The highest BCUT2D eigenvalue weighted by molar-refractivity contribution is 5.31. The second-order valence-electron chi connectivity index (χ2n) is 6.31. The summed E-state index contributed by atoms with van der Waals surface area (Å²) in [4.78, 5) is 6.91. The quantitative estimate of drug-likeness (QED) is 0.788. The van der Waals surface area contributed by atoms with Gasteiger partial charge in [-0.3, -0.25) is 4.90 Å². The first-order chi connectivity index (χ1) is 12.2. The Morgan fingerprint density at radius 3 is 2.80 bits per heavy atom. The van der Waals surface area contributed by atoms with Crippen molar-refractivity contribution in [3.05, 3.63) is 66.3 Å². The lowest BCUT2D eigenvalue weighted by Crippen LogP contribution is -2.46. The second-order valence-corrected chi connectivity index (χ2v) is 6.31. The van der Waals surface area contributed by atoms with Gasteiger partial charge in [0.05, 0.1) is 17.4 Å². The molecule has 1 aliphatic rings. The van der Waals surface area contributed by atoms with Crippen LogP contribution in [0.4, 0.5) is 4.39 Å². The molecule has 3 heterocycles. The molecule has 25 heavy (non-hydrogen) atoms. The molecule has 0 aliphatic carbocycles. The zero-order valence-corrected chi connectivity index (χ0v) is 14.1. The van der Waals surface area contributed by atoms with Crippen molar-refractivity contribution >= 4 is 0 Å². The molecule has 0 saturated carbocycles. The minimum atomic E-state index is -0.241. The second kappa shape index (κ2) is 6.78. The topological polar surface area (TPSA) is 50.9 Å². The van der Waals surface area contributed by atoms with Gasteiger partial charge in [0.25, 0.3) is 0 Å². The van der Waals surface area contributed by atoms with Gasteiger partial charge >= 0.3 is 0 Å². The minimum Gasteiger partial charge on any atom is -0.337 e. The fourth-order valence-electron chi connectivity index (χ4n) is 3.28. The van der Waals surface area contributed by atoms with Crippen molar-refractivity contribution in [2.24, 2.45) is 7.05 Å². The molecule has 7 heteroatoms. The summed E-state index contributed by atoms with van der Waals surface area (Å²) in [6, 6.07) is 8.60. The lowest BCUT2D eigenvalue weighted by Gasteiger charge is -2.35. The van der Waals surface area contributed by atoms with Crippen molar-refractivity contribution < 1.29 is 4.39 Å². The Hall–Kier alpha value is -2.51. The molecule has 130 valence electrons. The normalized spacial score (nSPS) is 18.6. The molecule has 6 nitrogen and oxygen atoms in total. The van der Waals surface area contributed by atoms with Crippen molar-refractivity contribution in [3.63, 3.8) is 0 Å². The Morgan fingerprint density at radius 2 is 2.04 bits per heavy atom. The van der Waals surface area contributed by atoms with Crippen LogP contribution in [-0.2, 0) is 13.6 Å². The van der Waals surface area contributed by atoms with E-state index in [1.54, 1.807) is 16.8 Å². The summed E-state index contributed by atoms with van der Waals surface area (Å²) in [5.41, 5.74) is 1.85. The Kier molecular flexibility index (Phi) is 4.33. The van der Waals surface area contributed by atoms with Gasteiger partial charge in [-0.25, -0.2) is 14.1 Å². The Bertz CT molecular complexity index is 837. The number of hydrogen-bond donors (Lipinski definition) is 1. The molecule has 1 unspecified atom stereocenters. The van der Waals surface area contributed by atoms with E-state index in [4.69, 9.17) is 0 Å². The molecule has 1 fully saturated rings. The number of rotatable bonds is 4. The molecule has 1 aliphatic heterocycles. The molecule has 3 aromatic rings. The zero-order chi connectivity index (χ0) is 17.2. The zero-order valence-electron chi connectivity index (χ0n) is 14.1. The first kappa shape index (κ1) is 16.0. The summed E-state index contributed by atoms with van der Waals surface area (Å²) in [6.07, 6.45) is 5.73. The average Bonchev–Trinajstić information content (AvgIpc) is 3.25. The molecule has 2 aromatic heterocycles. The van der Waals surface area contributed by atoms with Gasteiger partial charge in [-0.1, -0.05) is 0 Å². The van der Waals surface area contributed by atoms with Crippen LogP contribution in [0.15, 0.2) is 48.9 Å². The van der Waals surface area contributed by atoms with Gasteiger partial charge in [0.15, 0.2) is 0 Å². The average molecular weight is 340 g/mol. The van der Waals surface area contributed by atoms with Crippen molar-refractivity contribution in [1.82, 2.24) is 29.5 Å². The lowest BCUT2D eigenvalue weighted by atomic mass is 10.1. The number of piperazine rings is 1. The van der Waals surface area contributed by atoms with Crippen LogP contribution in [0.25, 0.3) is 5.69 Å². The van der Waals surface area contributed by atoms with Crippen LogP contribution in [-0.4, -0.2) is 43.9 Å².